The standard InChI is InChI=1S/C26H28ClNO2/c1-20(21-8-4-2-5-9-21)12-13-23(22-10-6-3-7-11-22)18-28-26(29)19-30-25-16-14-24(27)15-17-25/h2-11,14-17,20,23H,12-13,18-19H2,1H3,(H,28,29). The quantitative estimate of drug-likeness (QED) is 0.423. The minimum absolute atomic E-state index is 0.0104. The van der Waals surface area contributed by atoms with Crippen molar-refractivity contribution in [2.45, 2.75) is 31.6 Å². The second-order valence-corrected chi connectivity index (χ2v) is 7.98. The van der Waals surface area contributed by atoms with Crippen LogP contribution in [0.2, 0.25) is 5.02 Å². The maximum absolute atomic E-state index is 12.3. The topological polar surface area (TPSA) is 38.3 Å². The fourth-order valence-corrected chi connectivity index (χ4v) is 3.60. The zero-order valence-corrected chi connectivity index (χ0v) is 18.0. The van der Waals surface area contributed by atoms with Crippen LogP contribution in [0, 0.1) is 0 Å². The second-order valence-electron chi connectivity index (χ2n) is 7.54. The van der Waals surface area contributed by atoms with E-state index in [1.165, 1.54) is 11.1 Å². The molecule has 0 radical (unpaired) electrons. The number of rotatable bonds is 10. The summed E-state index contributed by atoms with van der Waals surface area (Å²) in [5.74, 6) is 1.24. The third-order valence-corrected chi connectivity index (χ3v) is 5.57. The molecule has 3 rings (SSSR count). The Labute approximate surface area is 184 Å². The van der Waals surface area contributed by atoms with Crippen molar-refractivity contribution in [2.24, 2.45) is 0 Å². The molecule has 3 aromatic carbocycles. The molecule has 2 atom stereocenters. The molecule has 4 heteroatoms. The van der Waals surface area contributed by atoms with Gasteiger partial charge in [0.1, 0.15) is 5.75 Å². The van der Waals surface area contributed by atoms with E-state index in [4.69, 9.17) is 16.3 Å². The first-order chi connectivity index (χ1) is 14.6. The van der Waals surface area contributed by atoms with Gasteiger partial charge in [-0.25, -0.2) is 0 Å². The Morgan fingerprint density at radius 2 is 1.47 bits per heavy atom. The number of hydrogen-bond acceptors (Lipinski definition) is 2. The minimum atomic E-state index is -0.123. The lowest BCUT2D eigenvalue weighted by Crippen LogP contribution is -2.32. The summed E-state index contributed by atoms with van der Waals surface area (Å²) in [5, 5.41) is 3.68. The van der Waals surface area contributed by atoms with Gasteiger partial charge in [0.05, 0.1) is 0 Å². The van der Waals surface area contributed by atoms with Gasteiger partial charge in [0.15, 0.2) is 6.61 Å². The number of ether oxygens (including phenoxy) is 1. The molecule has 3 aromatic rings. The lowest BCUT2D eigenvalue weighted by molar-refractivity contribution is -0.123. The van der Waals surface area contributed by atoms with Crippen molar-refractivity contribution in [1.29, 1.82) is 0 Å². The smallest absolute Gasteiger partial charge is 0.257 e. The van der Waals surface area contributed by atoms with Crippen molar-refractivity contribution in [3.63, 3.8) is 0 Å². The van der Waals surface area contributed by atoms with E-state index in [0.717, 1.165) is 12.8 Å². The van der Waals surface area contributed by atoms with E-state index in [-0.39, 0.29) is 18.4 Å². The zero-order valence-electron chi connectivity index (χ0n) is 17.3. The number of amides is 1. The summed E-state index contributed by atoms with van der Waals surface area (Å²) in [7, 11) is 0. The Morgan fingerprint density at radius 1 is 0.867 bits per heavy atom. The van der Waals surface area contributed by atoms with Gasteiger partial charge in [-0.05, 0) is 54.2 Å². The van der Waals surface area contributed by atoms with Crippen LogP contribution in [-0.2, 0) is 4.79 Å². The van der Waals surface area contributed by atoms with Crippen LogP contribution in [0.3, 0.4) is 0 Å². The molecule has 0 aliphatic heterocycles. The van der Waals surface area contributed by atoms with Crippen LogP contribution >= 0.6 is 11.6 Å². The van der Waals surface area contributed by atoms with E-state index in [1.54, 1.807) is 24.3 Å². The first-order valence-corrected chi connectivity index (χ1v) is 10.7. The molecule has 1 amide bonds. The van der Waals surface area contributed by atoms with E-state index >= 15 is 0 Å². The van der Waals surface area contributed by atoms with Gasteiger partial charge in [0.2, 0.25) is 0 Å². The molecule has 0 aromatic heterocycles. The number of carbonyl (C=O) groups excluding carboxylic acids is 1. The molecule has 0 aliphatic rings. The molecule has 0 aliphatic carbocycles. The first-order valence-electron chi connectivity index (χ1n) is 10.4. The van der Waals surface area contributed by atoms with Crippen molar-refractivity contribution in [2.75, 3.05) is 13.2 Å². The summed E-state index contributed by atoms with van der Waals surface area (Å²) < 4.78 is 5.55. The zero-order chi connectivity index (χ0) is 21.2. The van der Waals surface area contributed by atoms with Gasteiger partial charge in [-0.2, -0.15) is 0 Å². The van der Waals surface area contributed by atoms with E-state index in [0.29, 0.717) is 23.2 Å². The third kappa shape index (κ3) is 6.93. The summed E-state index contributed by atoms with van der Waals surface area (Å²) in [4.78, 5) is 12.3. The van der Waals surface area contributed by atoms with Crippen molar-refractivity contribution in [1.82, 2.24) is 5.32 Å². The fourth-order valence-electron chi connectivity index (χ4n) is 3.48. The average Bonchev–Trinajstić information content (AvgIpc) is 2.79. The van der Waals surface area contributed by atoms with Crippen molar-refractivity contribution < 1.29 is 9.53 Å². The monoisotopic (exact) mass is 421 g/mol. The molecule has 0 bridgehead atoms. The Balaban J connectivity index is 1.53. The molecule has 0 saturated carbocycles. The largest absolute Gasteiger partial charge is 0.484 e. The van der Waals surface area contributed by atoms with E-state index in [9.17, 15) is 4.79 Å². The first kappa shape index (κ1) is 21.9. The second kappa shape index (κ2) is 11.4. The SMILES string of the molecule is CC(CCC(CNC(=O)COc1ccc(Cl)cc1)c1ccccc1)c1ccccc1. The molecule has 30 heavy (non-hydrogen) atoms. The van der Waals surface area contributed by atoms with Crippen LogP contribution in [0.1, 0.15) is 42.7 Å². The van der Waals surface area contributed by atoms with Crippen LogP contribution in [0.15, 0.2) is 84.9 Å². The van der Waals surface area contributed by atoms with Crippen LogP contribution in [-0.4, -0.2) is 19.1 Å². The Hall–Kier alpha value is -2.78. The van der Waals surface area contributed by atoms with Gasteiger partial charge in [0, 0.05) is 17.5 Å². The predicted molar refractivity (Wildman–Crippen MR) is 123 cm³/mol. The van der Waals surface area contributed by atoms with Crippen molar-refractivity contribution in [3.05, 3.63) is 101 Å². The fraction of sp³-hybridized carbons (Fsp3) is 0.269. The Kier molecular flexibility index (Phi) is 8.34. The molecule has 0 saturated heterocycles. The Morgan fingerprint density at radius 3 is 2.10 bits per heavy atom. The molecular formula is C26H28ClNO2. The van der Waals surface area contributed by atoms with E-state index in [1.807, 2.05) is 12.1 Å². The van der Waals surface area contributed by atoms with Crippen LogP contribution in [0.4, 0.5) is 0 Å². The number of nitrogens with one attached hydrogen (secondary N) is 1. The number of hydrogen-bond donors (Lipinski definition) is 1. The van der Waals surface area contributed by atoms with Crippen LogP contribution in [0.25, 0.3) is 0 Å². The van der Waals surface area contributed by atoms with Crippen LogP contribution in [0.5, 0.6) is 5.75 Å². The lowest BCUT2D eigenvalue weighted by Gasteiger charge is -2.21. The number of halogens is 1. The molecule has 1 N–H and O–H groups in total. The van der Waals surface area contributed by atoms with E-state index in [2.05, 4.69) is 60.8 Å². The van der Waals surface area contributed by atoms with E-state index < -0.39 is 0 Å². The molecule has 2 unspecified atom stereocenters. The predicted octanol–water partition coefficient (Wildman–Crippen LogP) is 6.20. The molecule has 0 fully saturated rings. The number of benzene rings is 3. The van der Waals surface area contributed by atoms with Crippen molar-refractivity contribution in [3.8, 4) is 5.75 Å². The van der Waals surface area contributed by atoms with Gasteiger partial charge >= 0.3 is 0 Å². The number of carbonyl (C=O) groups is 1. The van der Waals surface area contributed by atoms with Gasteiger partial charge < -0.3 is 10.1 Å². The third-order valence-electron chi connectivity index (χ3n) is 5.32. The highest BCUT2D eigenvalue weighted by Gasteiger charge is 2.15. The molecule has 0 heterocycles. The molecule has 0 spiro atoms. The van der Waals surface area contributed by atoms with Crippen LogP contribution < -0.4 is 10.1 Å². The summed E-state index contributed by atoms with van der Waals surface area (Å²) >= 11 is 5.87. The summed E-state index contributed by atoms with van der Waals surface area (Å²) in [5.41, 5.74) is 2.60. The summed E-state index contributed by atoms with van der Waals surface area (Å²) in [6.45, 7) is 2.84. The lowest BCUT2D eigenvalue weighted by atomic mass is 9.88. The summed E-state index contributed by atoms with van der Waals surface area (Å²) in [6.07, 6.45) is 2.05. The van der Waals surface area contributed by atoms with Gasteiger partial charge in [0.25, 0.3) is 5.91 Å². The molecule has 3 nitrogen and oxygen atoms in total. The van der Waals surface area contributed by atoms with Gasteiger partial charge in [-0.15, -0.1) is 0 Å². The highest BCUT2D eigenvalue weighted by Crippen LogP contribution is 2.27. The summed E-state index contributed by atoms with van der Waals surface area (Å²) in [6, 6.07) is 28.0. The average molecular weight is 422 g/mol. The van der Waals surface area contributed by atoms with Gasteiger partial charge in [-0.3, -0.25) is 4.79 Å². The maximum Gasteiger partial charge on any atom is 0.257 e. The van der Waals surface area contributed by atoms with Crippen molar-refractivity contribution >= 4 is 17.5 Å². The Bertz CT molecular complexity index is 897. The highest BCUT2D eigenvalue weighted by molar-refractivity contribution is 6.30. The molecule has 156 valence electrons. The minimum Gasteiger partial charge on any atom is -0.484 e. The van der Waals surface area contributed by atoms with Gasteiger partial charge in [-0.1, -0.05) is 79.2 Å². The molecular weight excluding hydrogens is 394 g/mol. The normalized spacial score (nSPS) is 12.7. The maximum atomic E-state index is 12.3. The highest BCUT2D eigenvalue weighted by atomic mass is 35.5.